The van der Waals surface area contributed by atoms with Gasteiger partial charge in [0.15, 0.2) is 5.96 Å². The van der Waals surface area contributed by atoms with E-state index in [0.29, 0.717) is 25.1 Å². The Labute approximate surface area is 112 Å². The van der Waals surface area contributed by atoms with E-state index in [9.17, 15) is 9.59 Å². The van der Waals surface area contributed by atoms with Crippen LogP contribution in [0, 0.1) is 0 Å². The molecule has 0 unspecified atom stereocenters. The minimum Gasteiger partial charge on any atom is -0.355 e. The highest BCUT2D eigenvalue weighted by Gasteiger charge is 2.27. The standard InChI is InChI=1S/C12H19N5O2/c1-13-11(16-9-4-2-3-5-9)14-6-7-17-10(18)8-15-12(17)19/h2-3,9H,4-8H2,1H3,(H,15,19)(H2,13,14,16). The van der Waals surface area contributed by atoms with Crippen molar-refractivity contribution >= 4 is 17.9 Å². The van der Waals surface area contributed by atoms with Gasteiger partial charge in [-0.15, -0.1) is 0 Å². The quantitative estimate of drug-likeness (QED) is 0.275. The van der Waals surface area contributed by atoms with E-state index in [2.05, 4.69) is 33.1 Å². The number of carbonyl (C=O) groups excluding carboxylic acids is 2. The summed E-state index contributed by atoms with van der Waals surface area (Å²) >= 11 is 0. The summed E-state index contributed by atoms with van der Waals surface area (Å²) in [7, 11) is 1.70. The number of urea groups is 1. The molecule has 7 heteroatoms. The number of nitrogens with one attached hydrogen (secondary N) is 3. The van der Waals surface area contributed by atoms with Crippen molar-refractivity contribution in [3.8, 4) is 0 Å². The number of guanidine groups is 1. The van der Waals surface area contributed by atoms with Crippen LogP contribution in [0.3, 0.4) is 0 Å². The van der Waals surface area contributed by atoms with Crippen LogP contribution in [0.4, 0.5) is 4.79 Å². The number of carbonyl (C=O) groups is 2. The minimum absolute atomic E-state index is 0.0968. The molecule has 0 radical (unpaired) electrons. The highest BCUT2D eigenvalue weighted by atomic mass is 16.2. The second kappa shape index (κ2) is 6.21. The summed E-state index contributed by atoms with van der Waals surface area (Å²) in [6, 6.07) is 0.0534. The molecule has 0 spiro atoms. The maximum Gasteiger partial charge on any atom is 0.324 e. The van der Waals surface area contributed by atoms with Gasteiger partial charge in [-0.3, -0.25) is 14.7 Å². The predicted octanol–water partition coefficient (Wildman–Crippen LogP) is -0.578. The van der Waals surface area contributed by atoms with Crippen LogP contribution < -0.4 is 16.0 Å². The van der Waals surface area contributed by atoms with Crippen LogP contribution in [0.1, 0.15) is 12.8 Å². The van der Waals surface area contributed by atoms with Crippen molar-refractivity contribution < 1.29 is 9.59 Å². The van der Waals surface area contributed by atoms with E-state index in [1.165, 1.54) is 4.90 Å². The number of hydrogen-bond donors (Lipinski definition) is 3. The molecular formula is C12H19N5O2. The molecule has 0 aromatic heterocycles. The lowest BCUT2D eigenvalue weighted by atomic mass is 10.2. The third-order valence-corrected chi connectivity index (χ3v) is 3.14. The van der Waals surface area contributed by atoms with E-state index < -0.39 is 0 Å². The highest BCUT2D eigenvalue weighted by Crippen LogP contribution is 2.08. The first-order chi connectivity index (χ1) is 9.20. The minimum atomic E-state index is -0.324. The summed E-state index contributed by atoms with van der Waals surface area (Å²) in [4.78, 5) is 28.0. The number of nitrogens with zero attached hydrogens (tertiary/aromatic N) is 2. The summed E-state index contributed by atoms with van der Waals surface area (Å²) in [5.74, 6) is 0.510. The Kier molecular flexibility index (Phi) is 4.38. The lowest BCUT2D eigenvalue weighted by Crippen LogP contribution is -2.46. The average Bonchev–Trinajstić information content (AvgIpc) is 3.01. The molecule has 19 heavy (non-hydrogen) atoms. The summed E-state index contributed by atoms with van der Waals surface area (Å²) < 4.78 is 0. The van der Waals surface area contributed by atoms with E-state index in [-0.39, 0.29) is 18.5 Å². The largest absolute Gasteiger partial charge is 0.355 e. The fourth-order valence-corrected chi connectivity index (χ4v) is 2.09. The van der Waals surface area contributed by atoms with Crippen LogP contribution in [0.15, 0.2) is 17.1 Å². The maximum absolute atomic E-state index is 11.4. The molecule has 3 N–H and O–H groups in total. The average molecular weight is 265 g/mol. The molecule has 0 bridgehead atoms. The SMILES string of the molecule is CN=C(NCCN1C(=O)CNC1=O)NC1CC=CC1. The van der Waals surface area contributed by atoms with Crippen LogP contribution >= 0.6 is 0 Å². The van der Waals surface area contributed by atoms with Gasteiger partial charge in [0.25, 0.3) is 0 Å². The van der Waals surface area contributed by atoms with Crippen LogP contribution in [0.2, 0.25) is 0 Å². The zero-order valence-electron chi connectivity index (χ0n) is 11.0. The molecule has 0 atom stereocenters. The molecule has 1 aliphatic carbocycles. The summed E-state index contributed by atoms with van der Waals surface area (Å²) in [5, 5.41) is 8.87. The Morgan fingerprint density at radius 2 is 2.21 bits per heavy atom. The van der Waals surface area contributed by atoms with Crippen molar-refractivity contribution in [3.63, 3.8) is 0 Å². The number of hydrogen-bond acceptors (Lipinski definition) is 3. The monoisotopic (exact) mass is 265 g/mol. The number of imide groups is 1. The zero-order chi connectivity index (χ0) is 13.7. The Balaban J connectivity index is 1.71. The second-order valence-corrected chi connectivity index (χ2v) is 4.49. The van der Waals surface area contributed by atoms with Crippen LogP contribution in [-0.2, 0) is 4.79 Å². The topological polar surface area (TPSA) is 85.8 Å². The van der Waals surface area contributed by atoms with Gasteiger partial charge in [0.1, 0.15) is 0 Å². The van der Waals surface area contributed by atoms with Crippen molar-refractivity contribution in [1.29, 1.82) is 0 Å². The lowest BCUT2D eigenvalue weighted by Gasteiger charge is -2.18. The fraction of sp³-hybridized carbons (Fsp3) is 0.583. The van der Waals surface area contributed by atoms with Crippen molar-refractivity contribution in [1.82, 2.24) is 20.9 Å². The van der Waals surface area contributed by atoms with Gasteiger partial charge in [-0.05, 0) is 12.8 Å². The normalized spacial score (nSPS) is 20.1. The fourth-order valence-electron chi connectivity index (χ4n) is 2.09. The maximum atomic E-state index is 11.4. The summed E-state index contributed by atoms with van der Waals surface area (Å²) in [6.07, 6.45) is 6.26. The molecule has 3 amide bonds. The van der Waals surface area contributed by atoms with Crippen molar-refractivity contribution in [2.24, 2.45) is 4.99 Å². The van der Waals surface area contributed by atoms with Crippen LogP contribution in [-0.4, -0.2) is 55.5 Å². The first-order valence-electron chi connectivity index (χ1n) is 6.41. The van der Waals surface area contributed by atoms with Gasteiger partial charge in [-0.25, -0.2) is 4.79 Å². The van der Waals surface area contributed by atoms with E-state index >= 15 is 0 Å². The van der Waals surface area contributed by atoms with Crippen LogP contribution in [0.25, 0.3) is 0 Å². The van der Waals surface area contributed by atoms with Crippen molar-refractivity contribution in [2.45, 2.75) is 18.9 Å². The Morgan fingerprint density at radius 1 is 1.47 bits per heavy atom. The van der Waals surface area contributed by atoms with E-state index in [4.69, 9.17) is 0 Å². The van der Waals surface area contributed by atoms with Crippen LogP contribution in [0.5, 0.6) is 0 Å². The molecular weight excluding hydrogens is 246 g/mol. The zero-order valence-corrected chi connectivity index (χ0v) is 11.0. The predicted molar refractivity (Wildman–Crippen MR) is 71.8 cm³/mol. The third-order valence-electron chi connectivity index (χ3n) is 3.14. The van der Waals surface area contributed by atoms with Gasteiger partial charge in [-0.1, -0.05) is 12.2 Å². The molecule has 7 nitrogen and oxygen atoms in total. The smallest absolute Gasteiger partial charge is 0.324 e. The van der Waals surface area contributed by atoms with E-state index in [1.54, 1.807) is 7.05 Å². The summed E-state index contributed by atoms with van der Waals surface area (Å²) in [5.41, 5.74) is 0. The lowest BCUT2D eigenvalue weighted by molar-refractivity contribution is -0.124. The van der Waals surface area contributed by atoms with Gasteiger partial charge in [0, 0.05) is 26.2 Å². The number of amides is 3. The van der Waals surface area contributed by atoms with Gasteiger partial charge in [-0.2, -0.15) is 0 Å². The Hall–Kier alpha value is -2.05. The first-order valence-corrected chi connectivity index (χ1v) is 6.41. The second-order valence-electron chi connectivity index (χ2n) is 4.49. The first kappa shape index (κ1) is 13.4. The third kappa shape index (κ3) is 3.46. The molecule has 1 saturated heterocycles. The molecule has 2 aliphatic rings. The van der Waals surface area contributed by atoms with Gasteiger partial charge >= 0.3 is 6.03 Å². The van der Waals surface area contributed by atoms with Gasteiger partial charge in [0.05, 0.1) is 6.54 Å². The Bertz CT molecular complexity index is 394. The highest BCUT2D eigenvalue weighted by molar-refractivity contribution is 6.01. The molecule has 2 rings (SSSR count). The molecule has 1 heterocycles. The van der Waals surface area contributed by atoms with E-state index in [1.807, 2.05) is 0 Å². The molecule has 104 valence electrons. The number of rotatable bonds is 4. The number of aliphatic imine (C=N–C) groups is 1. The summed E-state index contributed by atoms with van der Waals surface area (Å²) in [6.45, 7) is 0.923. The molecule has 0 aromatic rings. The van der Waals surface area contributed by atoms with Crippen molar-refractivity contribution in [3.05, 3.63) is 12.2 Å². The van der Waals surface area contributed by atoms with Crippen molar-refractivity contribution in [2.75, 3.05) is 26.7 Å². The Morgan fingerprint density at radius 3 is 2.79 bits per heavy atom. The van der Waals surface area contributed by atoms with Gasteiger partial charge in [0.2, 0.25) is 5.91 Å². The molecule has 0 aromatic carbocycles. The molecule has 1 aliphatic heterocycles. The molecule has 1 fully saturated rings. The van der Waals surface area contributed by atoms with E-state index in [0.717, 1.165) is 12.8 Å². The molecule has 0 saturated carbocycles. The van der Waals surface area contributed by atoms with Gasteiger partial charge < -0.3 is 16.0 Å².